The molecule has 156 valence electrons. The van der Waals surface area contributed by atoms with E-state index >= 15 is 0 Å². The molecule has 2 aromatic rings. The van der Waals surface area contributed by atoms with E-state index in [0.717, 1.165) is 29.3 Å². The van der Waals surface area contributed by atoms with Gasteiger partial charge in [0.1, 0.15) is 0 Å². The molecule has 0 aromatic heterocycles. The zero-order valence-corrected chi connectivity index (χ0v) is 20.6. The molecule has 0 unspecified atom stereocenters. The Bertz CT molecular complexity index is 835. The molecule has 6 heteroatoms. The van der Waals surface area contributed by atoms with E-state index in [0.29, 0.717) is 5.56 Å². The topological polar surface area (TPSA) is 41.9 Å². The van der Waals surface area contributed by atoms with E-state index in [-0.39, 0.29) is 12.0 Å². The van der Waals surface area contributed by atoms with Crippen LogP contribution in [0.15, 0.2) is 58.0 Å². The summed E-state index contributed by atoms with van der Waals surface area (Å²) in [7, 11) is 0.138. The van der Waals surface area contributed by atoms with Crippen LogP contribution in [0.5, 0.6) is 0 Å². The van der Waals surface area contributed by atoms with Gasteiger partial charge in [0.15, 0.2) is 0 Å². The van der Waals surface area contributed by atoms with Crippen LogP contribution < -0.4 is 0 Å². The van der Waals surface area contributed by atoms with E-state index in [1.54, 1.807) is 12.3 Å². The van der Waals surface area contributed by atoms with Crippen LogP contribution in [0.4, 0.5) is 0 Å². The lowest BCUT2D eigenvalue weighted by molar-refractivity contribution is 0.0600. The molecule has 29 heavy (non-hydrogen) atoms. The SMILES string of the molecule is COC(=O)c1cc(Br)ccc1C=N[C@H](C)CN(Cc1ccccc1)C[Si](C)(C)C. The normalized spacial score (nSPS) is 13.1. The molecule has 0 saturated heterocycles. The highest BCUT2D eigenvalue weighted by atomic mass is 79.9. The Balaban J connectivity index is 2.13. The molecule has 1 atom stereocenters. The molecule has 0 aliphatic rings. The summed E-state index contributed by atoms with van der Waals surface area (Å²) >= 11 is 3.41. The van der Waals surface area contributed by atoms with Crippen molar-refractivity contribution in [2.75, 3.05) is 19.8 Å². The van der Waals surface area contributed by atoms with Crippen LogP contribution in [-0.2, 0) is 11.3 Å². The number of esters is 1. The monoisotopic (exact) mass is 474 g/mol. The van der Waals surface area contributed by atoms with Gasteiger partial charge in [0, 0.05) is 29.3 Å². The Morgan fingerprint density at radius 3 is 2.52 bits per heavy atom. The molecule has 2 rings (SSSR count). The fourth-order valence-corrected chi connectivity index (χ4v) is 5.20. The minimum Gasteiger partial charge on any atom is -0.465 e. The number of methoxy groups -OCH3 is 1. The lowest BCUT2D eigenvalue weighted by Gasteiger charge is -2.30. The predicted molar refractivity (Wildman–Crippen MR) is 128 cm³/mol. The first-order chi connectivity index (χ1) is 13.7. The molecule has 2 aromatic carbocycles. The molecule has 0 amide bonds. The van der Waals surface area contributed by atoms with Crippen molar-refractivity contribution in [1.29, 1.82) is 0 Å². The van der Waals surface area contributed by atoms with E-state index in [2.05, 4.69) is 77.7 Å². The molecule has 0 spiro atoms. The lowest BCUT2D eigenvalue weighted by atomic mass is 10.1. The number of hydrogen-bond donors (Lipinski definition) is 0. The Morgan fingerprint density at radius 2 is 1.90 bits per heavy atom. The second-order valence-corrected chi connectivity index (χ2v) is 14.9. The first kappa shape index (κ1) is 23.5. The second kappa shape index (κ2) is 10.9. The van der Waals surface area contributed by atoms with Crippen molar-refractivity contribution in [2.24, 2.45) is 4.99 Å². The summed E-state index contributed by atoms with van der Waals surface area (Å²) in [6.45, 7) is 11.1. The van der Waals surface area contributed by atoms with E-state index in [1.165, 1.54) is 12.7 Å². The smallest absolute Gasteiger partial charge is 0.338 e. The number of rotatable bonds is 9. The van der Waals surface area contributed by atoms with Crippen molar-refractivity contribution in [3.8, 4) is 0 Å². The van der Waals surface area contributed by atoms with E-state index in [4.69, 9.17) is 9.73 Å². The standard InChI is InChI=1S/C23H31BrN2O2Si/c1-18(25-14-20-11-12-21(24)13-22(20)23(27)28-2)15-26(17-29(3,4)5)16-19-9-7-6-8-10-19/h6-14,18H,15-17H2,1-5H3/t18-/m1/s1. The number of carbonyl (C=O) groups excluding carboxylic acids is 1. The average Bonchev–Trinajstić information content (AvgIpc) is 2.65. The predicted octanol–water partition coefficient (Wildman–Crippen LogP) is 5.42. The second-order valence-electron chi connectivity index (χ2n) is 8.57. The highest BCUT2D eigenvalue weighted by Gasteiger charge is 2.20. The Labute approximate surface area is 184 Å². The third-order valence-electron chi connectivity index (χ3n) is 4.36. The summed E-state index contributed by atoms with van der Waals surface area (Å²) in [4.78, 5) is 19.3. The van der Waals surface area contributed by atoms with Crippen LogP contribution in [0, 0.1) is 0 Å². The van der Waals surface area contributed by atoms with Crippen LogP contribution in [0.3, 0.4) is 0 Å². The Kier molecular flexibility index (Phi) is 8.80. The molecule has 0 aliphatic heterocycles. The number of benzene rings is 2. The fraction of sp³-hybridized carbons (Fsp3) is 0.391. The number of hydrogen-bond acceptors (Lipinski definition) is 4. The van der Waals surface area contributed by atoms with Gasteiger partial charge in [0.05, 0.1) is 26.8 Å². The fourth-order valence-electron chi connectivity index (χ4n) is 3.25. The minimum absolute atomic E-state index is 0.115. The third-order valence-corrected chi connectivity index (χ3v) is 6.25. The van der Waals surface area contributed by atoms with Gasteiger partial charge in [-0.3, -0.25) is 9.89 Å². The summed E-state index contributed by atoms with van der Waals surface area (Å²) in [5.74, 6) is -0.357. The van der Waals surface area contributed by atoms with Gasteiger partial charge < -0.3 is 4.74 Å². The maximum Gasteiger partial charge on any atom is 0.338 e. The van der Waals surface area contributed by atoms with Crippen LogP contribution in [0.2, 0.25) is 19.6 Å². The first-order valence-corrected chi connectivity index (χ1v) is 14.4. The largest absolute Gasteiger partial charge is 0.465 e. The van der Waals surface area contributed by atoms with Gasteiger partial charge in [-0.15, -0.1) is 0 Å². The third kappa shape index (κ3) is 8.24. The lowest BCUT2D eigenvalue weighted by Crippen LogP contribution is -2.42. The molecule has 0 N–H and O–H groups in total. The number of carbonyl (C=O) groups is 1. The van der Waals surface area contributed by atoms with E-state index in [9.17, 15) is 4.79 Å². The Morgan fingerprint density at radius 1 is 1.21 bits per heavy atom. The van der Waals surface area contributed by atoms with Crippen molar-refractivity contribution < 1.29 is 9.53 Å². The van der Waals surface area contributed by atoms with E-state index < -0.39 is 8.07 Å². The molecule has 0 saturated carbocycles. The van der Waals surface area contributed by atoms with Crippen LogP contribution in [0.1, 0.15) is 28.4 Å². The molecule has 0 bridgehead atoms. The van der Waals surface area contributed by atoms with Crippen LogP contribution in [-0.4, -0.2) is 51.0 Å². The Hall–Kier alpha value is -1.76. The molecular weight excluding hydrogens is 444 g/mol. The highest BCUT2D eigenvalue weighted by Crippen LogP contribution is 2.17. The van der Waals surface area contributed by atoms with Gasteiger partial charge in [-0.2, -0.15) is 0 Å². The zero-order valence-electron chi connectivity index (χ0n) is 18.0. The maximum atomic E-state index is 12.1. The maximum absolute atomic E-state index is 12.1. The summed E-state index contributed by atoms with van der Waals surface area (Å²) in [5.41, 5.74) is 2.61. The summed E-state index contributed by atoms with van der Waals surface area (Å²) < 4.78 is 5.74. The van der Waals surface area contributed by atoms with Crippen molar-refractivity contribution in [2.45, 2.75) is 39.2 Å². The van der Waals surface area contributed by atoms with Gasteiger partial charge >= 0.3 is 5.97 Å². The van der Waals surface area contributed by atoms with Gasteiger partial charge in [0.2, 0.25) is 0 Å². The molecule has 0 fully saturated rings. The van der Waals surface area contributed by atoms with Crippen molar-refractivity contribution >= 4 is 36.2 Å². The van der Waals surface area contributed by atoms with Gasteiger partial charge in [0.25, 0.3) is 0 Å². The number of nitrogens with zero attached hydrogens (tertiary/aromatic N) is 2. The molecule has 4 nitrogen and oxygen atoms in total. The minimum atomic E-state index is -1.26. The van der Waals surface area contributed by atoms with E-state index in [1.807, 2.05) is 12.1 Å². The zero-order chi connectivity index (χ0) is 21.4. The molecular formula is C23H31BrN2O2Si. The van der Waals surface area contributed by atoms with Crippen molar-refractivity contribution in [3.63, 3.8) is 0 Å². The van der Waals surface area contributed by atoms with Crippen molar-refractivity contribution in [3.05, 3.63) is 69.7 Å². The molecule has 0 aliphatic carbocycles. The molecule has 0 heterocycles. The van der Waals surface area contributed by atoms with Crippen LogP contribution >= 0.6 is 15.9 Å². The average molecular weight is 476 g/mol. The van der Waals surface area contributed by atoms with Crippen molar-refractivity contribution in [1.82, 2.24) is 4.90 Å². The number of ether oxygens (including phenoxy) is 1. The number of aliphatic imine (C=N–C) groups is 1. The summed E-state index contributed by atoms with van der Waals surface area (Å²) in [6, 6.07) is 16.3. The molecule has 0 radical (unpaired) electrons. The van der Waals surface area contributed by atoms with Gasteiger partial charge in [-0.1, -0.05) is 72.0 Å². The van der Waals surface area contributed by atoms with Gasteiger partial charge in [-0.05, 0) is 30.8 Å². The number of halogens is 1. The first-order valence-electron chi connectivity index (χ1n) is 9.85. The summed E-state index contributed by atoms with van der Waals surface area (Å²) in [5, 5.41) is 0. The summed E-state index contributed by atoms with van der Waals surface area (Å²) in [6.07, 6.45) is 2.91. The quantitative estimate of drug-likeness (QED) is 0.276. The van der Waals surface area contributed by atoms with Gasteiger partial charge in [-0.25, -0.2) is 4.79 Å². The highest BCUT2D eigenvalue weighted by molar-refractivity contribution is 9.10. The van der Waals surface area contributed by atoms with Crippen LogP contribution in [0.25, 0.3) is 0 Å².